The Hall–Kier alpha value is -0.650. The largest absolute Gasteiger partial charge is 0.391 e. The number of primary amides is 1. The van der Waals surface area contributed by atoms with Gasteiger partial charge in [0.05, 0.1) is 12.2 Å². The summed E-state index contributed by atoms with van der Waals surface area (Å²) in [7, 11) is 0. The Morgan fingerprint density at radius 1 is 1.45 bits per heavy atom. The van der Waals surface area contributed by atoms with Crippen LogP contribution in [0.15, 0.2) is 0 Å². The van der Waals surface area contributed by atoms with Gasteiger partial charge in [0.25, 0.3) is 0 Å². The van der Waals surface area contributed by atoms with Crippen LogP contribution in [0.4, 0.5) is 0 Å². The molecule has 0 aliphatic carbocycles. The van der Waals surface area contributed by atoms with E-state index in [1.807, 2.05) is 0 Å². The molecule has 0 aromatic heterocycles. The van der Waals surface area contributed by atoms with Gasteiger partial charge in [-0.1, -0.05) is 0 Å². The molecule has 0 heterocycles. The molecule has 0 radical (unpaired) electrons. The number of aliphatic hydroxyl groups excluding tert-OH is 3. The molecule has 5 nitrogen and oxygen atoms in total. The topological polar surface area (TPSA) is 104 Å². The summed E-state index contributed by atoms with van der Waals surface area (Å²) in [6.45, 7) is 1.36. The minimum absolute atomic E-state index is 0.229. The predicted octanol–water partition coefficient (Wildman–Crippen LogP) is -2.04. The lowest BCUT2D eigenvalue weighted by Crippen LogP contribution is -2.35. The Balaban J connectivity index is 3.75. The van der Waals surface area contributed by atoms with Crippen molar-refractivity contribution in [2.24, 2.45) is 5.73 Å². The van der Waals surface area contributed by atoms with E-state index in [9.17, 15) is 4.79 Å². The molecule has 3 atom stereocenters. The lowest BCUT2D eigenvalue weighted by molar-refractivity contribution is -0.128. The summed E-state index contributed by atoms with van der Waals surface area (Å²) in [5.74, 6) is -0.898. The van der Waals surface area contributed by atoms with Crippen LogP contribution in [-0.2, 0) is 4.79 Å². The molecule has 11 heavy (non-hydrogen) atoms. The molecule has 0 aromatic carbocycles. The molecule has 0 aliphatic rings. The molecule has 0 bridgehead atoms. The van der Waals surface area contributed by atoms with Crippen molar-refractivity contribution in [3.63, 3.8) is 0 Å². The number of amides is 1. The van der Waals surface area contributed by atoms with Crippen LogP contribution in [0.25, 0.3) is 0 Å². The number of rotatable bonds is 4. The molecule has 0 aliphatic heterocycles. The maximum atomic E-state index is 10.2. The van der Waals surface area contributed by atoms with Crippen molar-refractivity contribution in [2.45, 2.75) is 31.7 Å². The van der Waals surface area contributed by atoms with Crippen molar-refractivity contribution in [1.82, 2.24) is 0 Å². The van der Waals surface area contributed by atoms with Gasteiger partial charge in [0.1, 0.15) is 6.10 Å². The first-order valence-electron chi connectivity index (χ1n) is 3.28. The Kier molecular flexibility index (Phi) is 4.02. The maximum absolute atomic E-state index is 10.2. The smallest absolute Gasteiger partial charge is 0.246 e. The second-order valence-corrected chi connectivity index (χ2v) is 2.46. The highest BCUT2D eigenvalue weighted by Gasteiger charge is 2.19. The highest BCUT2D eigenvalue weighted by atomic mass is 16.3. The zero-order valence-electron chi connectivity index (χ0n) is 6.27. The van der Waals surface area contributed by atoms with E-state index in [4.69, 9.17) is 21.1 Å². The summed E-state index contributed by atoms with van der Waals surface area (Å²) < 4.78 is 0. The van der Waals surface area contributed by atoms with E-state index in [0.29, 0.717) is 0 Å². The summed E-state index contributed by atoms with van der Waals surface area (Å²) in [5, 5.41) is 26.5. The molecular weight excluding hydrogens is 150 g/mol. The molecule has 0 aromatic rings. The number of hydrogen-bond donors (Lipinski definition) is 4. The molecule has 0 saturated heterocycles. The fourth-order valence-corrected chi connectivity index (χ4v) is 0.542. The van der Waals surface area contributed by atoms with E-state index in [1.54, 1.807) is 0 Å². The molecule has 0 rings (SSSR count). The average Bonchev–Trinajstić information content (AvgIpc) is 1.87. The lowest BCUT2D eigenvalue weighted by atomic mass is 10.1. The zero-order valence-corrected chi connectivity index (χ0v) is 6.27. The number of carbonyl (C=O) groups is 1. The van der Waals surface area contributed by atoms with Crippen LogP contribution in [0.2, 0.25) is 0 Å². The van der Waals surface area contributed by atoms with Crippen molar-refractivity contribution < 1.29 is 20.1 Å². The van der Waals surface area contributed by atoms with Gasteiger partial charge in [-0.15, -0.1) is 0 Å². The molecule has 66 valence electrons. The van der Waals surface area contributed by atoms with Crippen molar-refractivity contribution in [1.29, 1.82) is 0 Å². The first-order chi connectivity index (χ1) is 4.95. The van der Waals surface area contributed by atoms with Crippen LogP contribution in [0.5, 0.6) is 0 Å². The van der Waals surface area contributed by atoms with E-state index >= 15 is 0 Å². The number of hydrogen-bond acceptors (Lipinski definition) is 4. The fourth-order valence-electron chi connectivity index (χ4n) is 0.542. The van der Waals surface area contributed by atoms with Crippen LogP contribution in [0.1, 0.15) is 13.3 Å². The molecule has 5 heteroatoms. The third-order valence-corrected chi connectivity index (χ3v) is 1.35. The van der Waals surface area contributed by atoms with E-state index in [-0.39, 0.29) is 6.42 Å². The van der Waals surface area contributed by atoms with Crippen molar-refractivity contribution in [3.05, 3.63) is 0 Å². The van der Waals surface area contributed by atoms with E-state index in [0.717, 1.165) is 0 Å². The normalized spacial score (nSPS) is 18.9. The molecule has 0 saturated carbocycles. The summed E-state index contributed by atoms with van der Waals surface area (Å²) in [4.78, 5) is 10.2. The van der Waals surface area contributed by atoms with Crippen LogP contribution >= 0.6 is 0 Å². The van der Waals surface area contributed by atoms with Gasteiger partial charge in [-0.25, -0.2) is 0 Å². The minimum Gasteiger partial charge on any atom is -0.391 e. The Bertz CT molecular complexity index is 137. The predicted molar refractivity (Wildman–Crippen MR) is 37.5 cm³/mol. The molecular formula is C6H13NO4. The van der Waals surface area contributed by atoms with Crippen molar-refractivity contribution in [2.75, 3.05) is 0 Å². The first kappa shape index (κ1) is 10.3. The van der Waals surface area contributed by atoms with Gasteiger partial charge in [-0.3, -0.25) is 4.79 Å². The van der Waals surface area contributed by atoms with Crippen molar-refractivity contribution >= 4 is 5.91 Å². The molecule has 0 spiro atoms. The minimum atomic E-state index is -1.39. The zero-order chi connectivity index (χ0) is 9.02. The third-order valence-electron chi connectivity index (χ3n) is 1.35. The maximum Gasteiger partial charge on any atom is 0.246 e. The SMILES string of the molecule is C[C@@H](O)[C@H](O)C[C@H](O)C(N)=O. The Morgan fingerprint density at radius 2 is 1.91 bits per heavy atom. The molecule has 1 amide bonds. The first-order valence-corrected chi connectivity index (χ1v) is 3.28. The summed E-state index contributed by atoms with van der Waals surface area (Å²) >= 11 is 0. The molecule has 0 unspecified atom stereocenters. The number of carbonyl (C=O) groups excluding carboxylic acids is 1. The standard InChI is InChI=1S/C6H13NO4/c1-3(8)4(9)2-5(10)6(7)11/h3-5,8-10H,2H2,1H3,(H2,7,11)/t3-,4-,5+/m1/s1. The van der Waals surface area contributed by atoms with Gasteiger partial charge in [-0.05, 0) is 6.92 Å². The lowest BCUT2D eigenvalue weighted by Gasteiger charge is -2.15. The van der Waals surface area contributed by atoms with Gasteiger partial charge in [0, 0.05) is 6.42 Å². The van der Waals surface area contributed by atoms with Crippen LogP contribution in [0, 0.1) is 0 Å². The third kappa shape index (κ3) is 3.92. The average molecular weight is 163 g/mol. The van der Waals surface area contributed by atoms with Gasteiger partial charge in [0.15, 0.2) is 0 Å². The van der Waals surface area contributed by atoms with Crippen molar-refractivity contribution in [3.8, 4) is 0 Å². The van der Waals surface area contributed by atoms with E-state index < -0.39 is 24.2 Å². The highest BCUT2D eigenvalue weighted by molar-refractivity contribution is 5.78. The quantitative estimate of drug-likeness (QED) is 0.383. The second-order valence-electron chi connectivity index (χ2n) is 2.46. The Morgan fingerprint density at radius 3 is 2.18 bits per heavy atom. The number of nitrogens with two attached hydrogens (primary N) is 1. The monoisotopic (exact) mass is 163 g/mol. The van der Waals surface area contributed by atoms with Gasteiger partial charge in [-0.2, -0.15) is 0 Å². The van der Waals surface area contributed by atoms with Gasteiger partial charge >= 0.3 is 0 Å². The van der Waals surface area contributed by atoms with Gasteiger partial charge < -0.3 is 21.1 Å². The van der Waals surface area contributed by atoms with Crippen LogP contribution in [-0.4, -0.2) is 39.5 Å². The Labute approximate surface area is 64.4 Å². The second kappa shape index (κ2) is 4.27. The molecule has 5 N–H and O–H groups in total. The van der Waals surface area contributed by atoms with Crippen LogP contribution < -0.4 is 5.73 Å². The fraction of sp³-hybridized carbons (Fsp3) is 0.833. The van der Waals surface area contributed by atoms with Gasteiger partial charge in [0.2, 0.25) is 5.91 Å². The van der Waals surface area contributed by atoms with E-state index in [1.165, 1.54) is 6.92 Å². The number of aliphatic hydroxyl groups is 3. The van der Waals surface area contributed by atoms with E-state index in [2.05, 4.69) is 0 Å². The van der Waals surface area contributed by atoms with Crippen LogP contribution in [0.3, 0.4) is 0 Å². The summed E-state index contributed by atoms with van der Waals surface area (Å²) in [6.07, 6.45) is -3.70. The summed E-state index contributed by atoms with van der Waals surface area (Å²) in [5.41, 5.74) is 4.70. The highest BCUT2D eigenvalue weighted by Crippen LogP contribution is 2.01. The summed E-state index contributed by atoms with van der Waals surface area (Å²) in [6, 6.07) is 0. The molecule has 0 fully saturated rings.